The van der Waals surface area contributed by atoms with Crippen LogP contribution in [-0.2, 0) is 16.0 Å². The molecule has 5 atom stereocenters. The Morgan fingerprint density at radius 1 is 1.43 bits per heavy atom. The Kier molecular flexibility index (Phi) is 3.64. The molecule has 0 amide bonds. The summed E-state index contributed by atoms with van der Waals surface area (Å²) in [5.41, 5.74) is 1.84. The zero-order valence-corrected chi connectivity index (χ0v) is 12.9. The first-order valence-corrected chi connectivity index (χ1v) is 7.59. The van der Waals surface area contributed by atoms with Crippen LogP contribution in [0.5, 0.6) is 0 Å². The van der Waals surface area contributed by atoms with Gasteiger partial charge in [-0.05, 0) is 13.8 Å². The second-order valence-corrected chi connectivity index (χ2v) is 5.94. The molecule has 2 fully saturated rings. The minimum Gasteiger partial charge on any atom is -0.389 e. The van der Waals surface area contributed by atoms with Crippen LogP contribution in [0.1, 0.15) is 23.1 Å². The van der Waals surface area contributed by atoms with Gasteiger partial charge in [0.25, 0.3) is 0 Å². The maximum atomic E-state index is 10.8. The van der Waals surface area contributed by atoms with Gasteiger partial charge in [-0.2, -0.15) is 5.10 Å². The van der Waals surface area contributed by atoms with Crippen LogP contribution in [0.15, 0.2) is 17.2 Å². The molecular formula is C14H19N5O4. The van der Waals surface area contributed by atoms with Crippen molar-refractivity contribution in [2.45, 2.75) is 51.0 Å². The lowest BCUT2D eigenvalue weighted by Crippen LogP contribution is -2.57. The van der Waals surface area contributed by atoms with E-state index >= 15 is 0 Å². The summed E-state index contributed by atoms with van der Waals surface area (Å²) in [4.78, 5) is 3.94. The van der Waals surface area contributed by atoms with E-state index in [0.29, 0.717) is 13.2 Å². The fourth-order valence-electron chi connectivity index (χ4n) is 3.28. The maximum Gasteiger partial charge on any atom is 0.183 e. The molecule has 2 aromatic rings. The Balaban J connectivity index is 1.53. The molecule has 9 nitrogen and oxygen atoms in total. The van der Waals surface area contributed by atoms with Gasteiger partial charge in [0, 0.05) is 12.1 Å². The van der Waals surface area contributed by atoms with Crippen molar-refractivity contribution in [2.24, 2.45) is 0 Å². The van der Waals surface area contributed by atoms with Crippen molar-refractivity contribution in [3.63, 3.8) is 0 Å². The molecule has 2 aliphatic heterocycles. The fourth-order valence-corrected chi connectivity index (χ4v) is 3.28. The van der Waals surface area contributed by atoms with E-state index in [-0.39, 0.29) is 12.1 Å². The summed E-state index contributed by atoms with van der Waals surface area (Å²) in [6, 6.07) is -0.713. The third kappa shape index (κ3) is 2.45. The molecule has 4 heterocycles. The molecule has 0 radical (unpaired) electrons. The molecule has 2 saturated heterocycles. The van der Waals surface area contributed by atoms with E-state index < -0.39 is 18.4 Å². The number of aromatic nitrogens is 4. The Morgan fingerprint density at radius 2 is 2.30 bits per heavy atom. The third-order valence-electron chi connectivity index (χ3n) is 4.57. The van der Waals surface area contributed by atoms with E-state index in [1.54, 1.807) is 11.0 Å². The summed E-state index contributed by atoms with van der Waals surface area (Å²) >= 11 is 0. The van der Waals surface area contributed by atoms with Gasteiger partial charge < -0.3 is 24.4 Å². The highest BCUT2D eigenvalue weighted by Gasteiger charge is 2.51. The largest absolute Gasteiger partial charge is 0.389 e. The summed E-state index contributed by atoms with van der Waals surface area (Å²) in [7, 11) is 0. The van der Waals surface area contributed by atoms with Crippen LogP contribution in [0.2, 0.25) is 0 Å². The number of nitrogens with zero attached hydrogens (tertiary/aromatic N) is 4. The number of aliphatic hydroxyl groups excluding tert-OH is 1. The van der Waals surface area contributed by atoms with Gasteiger partial charge in [-0.3, -0.25) is 0 Å². The molecule has 2 bridgehead atoms. The van der Waals surface area contributed by atoms with E-state index in [1.165, 1.54) is 6.33 Å². The minimum absolute atomic E-state index is 0.199. The number of ether oxygens (including phenoxy) is 2. The number of nitrogens with one attached hydrogen (secondary N) is 1. The maximum absolute atomic E-state index is 10.8. The average molecular weight is 321 g/mol. The third-order valence-corrected chi connectivity index (χ3v) is 4.57. The highest BCUT2D eigenvalue weighted by Crippen LogP contribution is 2.35. The van der Waals surface area contributed by atoms with Crippen LogP contribution in [0.3, 0.4) is 0 Å². The molecule has 0 aliphatic carbocycles. The first-order chi connectivity index (χ1) is 11.1. The number of fused-ring (bicyclic) bond motifs is 2. The van der Waals surface area contributed by atoms with Crippen LogP contribution in [-0.4, -0.2) is 56.2 Å². The molecule has 124 valence electrons. The summed E-state index contributed by atoms with van der Waals surface area (Å²) in [5.74, 6) is 0.773. The molecular weight excluding hydrogens is 302 g/mol. The van der Waals surface area contributed by atoms with Gasteiger partial charge in [-0.15, -0.1) is 0 Å². The smallest absolute Gasteiger partial charge is 0.183 e. The van der Waals surface area contributed by atoms with Gasteiger partial charge >= 0.3 is 0 Å². The van der Waals surface area contributed by atoms with Crippen LogP contribution >= 0.6 is 0 Å². The van der Waals surface area contributed by atoms with Gasteiger partial charge in [-0.1, -0.05) is 5.16 Å². The number of hydrogen-bond donors (Lipinski definition) is 2. The van der Waals surface area contributed by atoms with Crippen molar-refractivity contribution in [3.8, 4) is 0 Å². The van der Waals surface area contributed by atoms with Crippen molar-refractivity contribution in [1.29, 1.82) is 0 Å². The zero-order chi connectivity index (χ0) is 16.0. The quantitative estimate of drug-likeness (QED) is 0.790. The molecule has 2 aliphatic rings. The summed E-state index contributed by atoms with van der Waals surface area (Å²) in [5, 5.41) is 22.2. The van der Waals surface area contributed by atoms with E-state index in [1.807, 2.05) is 13.8 Å². The standard InChI is InChI=1S/C14H19N5O4/c1-7-9(8(2)23-18-7)3-16-11-10-4-21-14(22-10)12(13(11)20)19-6-15-5-17-19/h5-6,10-14,16,20H,3-4H2,1-2H3/t10-,11-,12-,13+,14-/m1/s1. The number of aryl methyl sites for hydroxylation is 2. The second-order valence-electron chi connectivity index (χ2n) is 5.94. The van der Waals surface area contributed by atoms with Crippen LogP contribution < -0.4 is 5.32 Å². The number of rotatable bonds is 4. The molecule has 0 spiro atoms. The Labute approximate surface area is 132 Å². The van der Waals surface area contributed by atoms with Gasteiger partial charge in [0.2, 0.25) is 0 Å². The lowest BCUT2D eigenvalue weighted by Gasteiger charge is -2.38. The highest BCUT2D eigenvalue weighted by molar-refractivity contribution is 5.20. The summed E-state index contributed by atoms with van der Waals surface area (Å²) < 4.78 is 18.3. The Bertz CT molecular complexity index is 653. The van der Waals surface area contributed by atoms with Gasteiger partial charge in [0.15, 0.2) is 6.29 Å². The Morgan fingerprint density at radius 3 is 3.00 bits per heavy atom. The number of aliphatic hydroxyl groups is 1. The molecule has 2 N–H and O–H groups in total. The predicted molar refractivity (Wildman–Crippen MR) is 76.3 cm³/mol. The molecule has 0 saturated carbocycles. The molecule has 4 rings (SSSR count). The first-order valence-electron chi connectivity index (χ1n) is 7.59. The molecule has 2 aromatic heterocycles. The molecule has 23 heavy (non-hydrogen) atoms. The average Bonchev–Trinajstić information content (AvgIpc) is 3.25. The normalized spacial score (nSPS) is 33.3. The van der Waals surface area contributed by atoms with Crippen molar-refractivity contribution >= 4 is 0 Å². The van der Waals surface area contributed by atoms with Gasteiger partial charge in [-0.25, -0.2) is 9.67 Å². The fraction of sp³-hybridized carbons (Fsp3) is 0.643. The summed E-state index contributed by atoms with van der Waals surface area (Å²) in [6.07, 6.45) is 1.58. The summed E-state index contributed by atoms with van der Waals surface area (Å²) in [6.45, 7) is 4.75. The van der Waals surface area contributed by atoms with Crippen LogP contribution in [0.4, 0.5) is 0 Å². The minimum atomic E-state index is -0.705. The van der Waals surface area contributed by atoms with E-state index in [2.05, 4.69) is 20.6 Å². The van der Waals surface area contributed by atoms with Gasteiger partial charge in [0.05, 0.1) is 24.4 Å². The molecule has 0 aromatic carbocycles. The van der Waals surface area contributed by atoms with E-state index in [0.717, 1.165) is 17.0 Å². The van der Waals surface area contributed by atoms with Crippen LogP contribution in [0, 0.1) is 13.8 Å². The molecule has 9 heteroatoms. The SMILES string of the molecule is Cc1noc(C)c1CN[C@H]1[C@H](O)[C@@H](n2cncn2)[C@@H]2OC[C@H]1O2. The van der Waals surface area contributed by atoms with Crippen molar-refractivity contribution < 1.29 is 19.1 Å². The number of hydrogen-bond acceptors (Lipinski definition) is 8. The lowest BCUT2D eigenvalue weighted by atomic mass is 9.96. The van der Waals surface area contributed by atoms with Crippen molar-refractivity contribution in [1.82, 2.24) is 25.2 Å². The van der Waals surface area contributed by atoms with Gasteiger partial charge in [0.1, 0.15) is 30.6 Å². The lowest BCUT2D eigenvalue weighted by molar-refractivity contribution is -0.168. The Hall–Kier alpha value is -1.81. The van der Waals surface area contributed by atoms with E-state index in [9.17, 15) is 5.11 Å². The van der Waals surface area contributed by atoms with E-state index in [4.69, 9.17) is 14.0 Å². The topological polar surface area (TPSA) is 107 Å². The molecule has 0 unspecified atom stereocenters. The van der Waals surface area contributed by atoms with Crippen LogP contribution in [0.25, 0.3) is 0 Å². The van der Waals surface area contributed by atoms with Crippen molar-refractivity contribution in [2.75, 3.05) is 6.61 Å². The zero-order valence-electron chi connectivity index (χ0n) is 12.9. The predicted octanol–water partition coefficient (Wildman–Crippen LogP) is -0.302. The van der Waals surface area contributed by atoms with Crippen molar-refractivity contribution in [3.05, 3.63) is 29.7 Å². The highest BCUT2D eigenvalue weighted by atomic mass is 16.7. The second kappa shape index (κ2) is 5.68. The first kappa shape index (κ1) is 14.8. The monoisotopic (exact) mass is 321 g/mol.